The molecule has 0 fully saturated rings. The van der Waals surface area contributed by atoms with Crippen molar-refractivity contribution in [1.82, 2.24) is 10.6 Å². The Kier molecular flexibility index (Phi) is 7.66. The van der Waals surface area contributed by atoms with Crippen molar-refractivity contribution in [2.24, 2.45) is 0 Å². The Balaban J connectivity index is 1.90. The van der Waals surface area contributed by atoms with E-state index in [1.54, 1.807) is 0 Å². The number of carbonyl (C=O) groups excluding carboxylic acids is 2. The summed E-state index contributed by atoms with van der Waals surface area (Å²) < 4.78 is 4.55. The first-order valence-corrected chi connectivity index (χ1v) is 8.35. The predicted molar refractivity (Wildman–Crippen MR) is 97.0 cm³/mol. The molecule has 5 heteroatoms. The number of amides is 1. The molecule has 0 heterocycles. The molecule has 0 saturated carbocycles. The molecule has 1 unspecified atom stereocenters. The molecular weight excluding hydrogens is 316 g/mol. The van der Waals surface area contributed by atoms with Gasteiger partial charge in [-0.3, -0.25) is 9.59 Å². The lowest BCUT2D eigenvalue weighted by Crippen LogP contribution is -2.37. The fourth-order valence-corrected chi connectivity index (χ4v) is 2.53. The molecule has 0 bridgehead atoms. The molecule has 0 aromatic heterocycles. The molecule has 2 aromatic carbocycles. The van der Waals surface area contributed by atoms with E-state index in [9.17, 15) is 9.59 Å². The van der Waals surface area contributed by atoms with E-state index in [1.165, 1.54) is 12.7 Å². The zero-order chi connectivity index (χ0) is 17.9. The lowest BCUT2D eigenvalue weighted by Gasteiger charge is -2.19. The normalized spacial score (nSPS) is 11.6. The lowest BCUT2D eigenvalue weighted by atomic mass is 9.99. The van der Waals surface area contributed by atoms with Crippen LogP contribution in [0.4, 0.5) is 0 Å². The molecule has 0 saturated heterocycles. The minimum Gasteiger partial charge on any atom is -0.469 e. The molecule has 5 nitrogen and oxygen atoms in total. The summed E-state index contributed by atoms with van der Waals surface area (Å²) >= 11 is 0. The van der Waals surface area contributed by atoms with Crippen molar-refractivity contribution < 1.29 is 14.3 Å². The number of ether oxygens (including phenoxy) is 1. The Labute approximate surface area is 148 Å². The number of rotatable bonds is 9. The van der Waals surface area contributed by atoms with Crippen LogP contribution in [0, 0.1) is 0 Å². The van der Waals surface area contributed by atoms with E-state index in [0.717, 1.165) is 12.0 Å². The fourth-order valence-electron chi connectivity index (χ4n) is 2.53. The summed E-state index contributed by atoms with van der Waals surface area (Å²) in [6.07, 6.45) is 0.967. The van der Waals surface area contributed by atoms with E-state index >= 15 is 0 Å². The van der Waals surface area contributed by atoms with Crippen LogP contribution in [-0.2, 0) is 20.7 Å². The highest BCUT2D eigenvalue weighted by atomic mass is 16.5. The van der Waals surface area contributed by atoms with Gasteiger partial charge >= 0.3 is 5.97 Å². The van der Waals surface area contributed by atoms with Crippen LogP contribution in [0.25, 0.3) is 0 Å². The maximum absolute atomic E-state index is 12.0. The average Bonchev–Trinajstić information content (AvgIpc) is 2.66. The summed E-state index contributed by atoms with van der Waals surface area (Å²) in [5.74, 6) is -0.475. The topological polar surface area (TPSA) is 67.4 Å². The molecule has 0 spiro atoms. The van der Waals surface area contributed by atoms with Crippen molar-refractivity contribution in [3.63, 3.8) is 0 Å². The van der Waals surface area contributed by atoms with Crippen LogP contribution in [0.2, 0.25) is 0 Å². The number of hydrogen-bond acceptors (Lipinski definition) is 4. The number of hydrogen-bond donors (Lipinski definition) is 2. The van der Waals surface area contributed by atoms with E-state index in [0.29, 0.717) is 0 Å². The minimum absolute atomic E-state index is 0.0370. The zero-order valence-electron chi connectivity index (χ0n) is 14.4. The summed E-state index contributed by atoms with van der Waals surface area (Å²) in [5.41, 5.74) is 2.34. The van der Waals surface area contributed by atoms with Gasteiger partial charge in [0.05, 0.1) is 20.1 Å². The molecule has 2 rings (SSSR count). The highest BCUT2D eigenvalue weighted by Gasteiger charge is 2.13. The Morgan fingerprint density at radius 1 is 1.00 bits per heavy atom. The van der Waals surface area contributed by atoms with Gasteiger partial charge in [0.1, 0.15) is 0 Å². The maximum Gasteiger partial charge on any atom is 0.307 e. The molecule has 0 aliphatic rings. The first kappa shape index (κ1) is 18.7. The van der Waals surface area contributed by atoms with Crippen LogP contribution in [-0.4, -0.2) is 32.1 Å². The molecule has 1 atom stereocenters. The third-order valence-electron chi connectivity index (χ3n) is 3.87. The molecule has 2 aromatic rings. The minimum atomic E-state index is -0.334. The Hall–Kier alpha value is -2.66. The summed E-state index contributed by atoms with van der Waals surface area (Å²) in [7, 11) is 1.33. The van der Waals surface area contributed by atoms with Crippen molar-refractivity contribution in [1.29, 1.82) is 0 Å². The molecular formula is C20H24N2O3. The summed E-state index contributed by atoms with van der Waals surface area (Å²) in [6.45, 7) is 0.468. The maximum atomic E-state index is 12.0. The predicted octanol–water partition coefficient (Wildman–Crippen LogP) is 2.24. The Morgan fingerprint density at radius 2 is 1.64 bits per heavy atom. The molecule has 132 valence electrons. The zero-order valence-corrected chi connectivity index (χ0v) is 14.4. The van der Waals surface area contributed by atoms with Gasteiger partial charge in [0.25, 0.3) is 0 Å². The summed E-state index contributed by atoms with van der Waals surface area (Å²) in [4.78, 5) is 23.0. The van der Waals surface area contributed by atoms with Crippen molar-refractivity contribution in [3.05, 3.63) is 71.8 Å². The van der Waals surface area contributed by atoms with Crippen LogP contribution in [0.5, 0.6) is 0 Å². The number of esters is 1. The van der Waals surface area contributed by atoms with E-state index in [2.05, 4.69) is 39.6 Å². The van der Waals surface area contributed by atoms with Gasteiger partial charge in [-0.2, -0.15) is 0 Å². The quantitative estimate of drug-likeness (QED) is 0.687. The van der Waals surface area contributed by atoms with Gasteiger partial charge in [0.2, 0.25) is 5.91 Å². The van der Waals surface area contributed by atoms with Crippen molar-refractivity contribution in [2.45, 2.75) is 18.9 Å². The Bertz CT molecular complexity index is 659. The fraction of sp³-hybridized carbons (Fsp3) is 0.300. The second-order valence-electron chi connectivity index (χ2n) is 5.71. The Morgan fingerprint density at radius 3 is 2.28 bits per heavy atom. The standard InChI is InChI=1S/C20H24N2O3/c1-25-20(24)12-13-21-19(23)15-22-18(17-10-6-3-7-11-17)14-16-8-4-2-5-9-16/h2-11,18,22H,12-15H2,1H3,(H,21,23). The van der Waals surface area contributed by atoms with Gasteiger partial charge in [0, 0.05) is 12.6 Å². The van der Waals surface area contributed by atoms with E-state index in [1.807, 2.05) is 36.4 Å². The highest BCUT2D eigenvalue weighted by molar-refractivity contribution is 5.78. The van der Waals surface area contributed by atoms with Crippen LogP contribution in [0.1, 0.15) is 23.6 Å². The van der Waals surface area contributed by atoms with Crippen LogP contribution in [0.3, 0.4) is 0 Å². The van der Waals surface area contributed by atoms with Gasteiger partial charge in [-0.05, 0) is 17.5 Å². The SMILES string of the molecule is COC(=O)CCNC(=O)CNC(Cc1ccccc1)c1ccccc1. The van der Waals surface area contributed by atoms with Crippen molar-refractivity contribution in [2.75, 3.05) is 20.2 Å². The average molecular weight is 340 g/mol. The number of methoxy groups -OCH3 is 1. The van der Waals surface area contributed by atoms with E-state index < -0.39 is 0 Å². The lowest BCUT2D eigenvalue weighted by molar-refractivity contribution is -0.140. The van der Waals surface area contributed by atoms with Crippen LogP contribution >= 0.6 is 0 Å². The smallest absolute Gasteiger partial charge is 0.307 e. The highest BCUT2D eigenvalue weighted by Crippen LogP contribution is 2.18. The third kappa shape index (κ3) is 6.77. The summed E-state index contributed by atoms with van der Waals surface area (Å²) in [6, 6.07) is 20.3. The van der Waals surface area contributed by atoms with Crippen molar-refractivity contribution >= 4 is 11.9 Å². The van der Waals surface area contributed by atoms with Crippen molar-refractivity contribution in [3.8, 4) is 0 Å². The van der Waals surface area contributed by atoms with E-state index in [-0.39, 0.29) is 37.4 Å². The molecule has 0 radical (unpaired) electrons. The van der Waals surface area contributed by atoms with Crippen LogP contribution in [0.15, 0.2) is 60.7 Å². The summed E-state index contributed by atoms with van der Waals surface area (Å²) in [5, 5.41) is 6.02. The van der Waals surface area contributed by atoms with Gasteiger partial charge < -0.3 is 15.4 Å². The second kappa shape index (κ2) is 10.3. The number of benzene rings is 2. The molecule has 2 N–H and O–H groups in total. The first-order chi connectivity index (χ1) is 12.2. The molecule has 25 heavy (non-hydrogen) atoms. The second-order valence-corrected chi connectivity index (χ2v) is 5.71. The monoisotopic (exact) mass is 340 g/mol. The van der Waals surface area contributed by atoms with Gasteiger partial charge in [-0.25, -0.2) is 0 Å². The van der Waals surface area contributed by atoms with Crippen LogP contribution < -0.4 is 10.6 Å². The van der Waals surface area contributed by atoms with Gasteiger partial charge in [0.15, 0.2) is 0 Å². The molecule has 0 aliphatic carbocycles. The van der Waals surface area contributed by atoms with Gasteiger partial charge in [-0.1, -0.05) is 60.7 Å². The largest absolute Gasteiger partial charge is 0.469 e. The number of nitrogens with one attached hydrogen (secondary N) is 2. The van der Waals surface area contributed by atoms with E-state index in [4.69, 9.17) is 0 Å². The molecule has 0 aliphatic heterocycles. The van der Waals surface area contributed by atoms with Gasteiger partial charge in [-0.15, -0.1) is 0 Å². The first-order valence-electron chi connectivity index (χ1n) is 8.35. The third-order valence-corrected chi connectivity index (χ3v) is 3.87. The number of carbonyl (C=O) groups is 2. The molecule has 1 amide bonds.